The van der Waals surface area contributed by atoms with Crippen molar-refractivity contribution in [2.45, 2.75) is 25.4 Å². The molecular formula is C15H15ClN2. The molecule has 1 atom stereocenters. The molecule has 0 radical (unpaired) electrons. The summed E-state index contributed by atoms with van der Waals surface area (Å²) < 4.78 is 0. The summed E-state index contributed by atoms with van der Waals surface area (Å²) in [7, 11) is 0. The van der Waals surface area contributed by atoms with E-state index in [1.807, 2.05) is 24.4 Å². The molecule has 1 aromatic carbocycles. The van der Waals surface area contributed by atoms with Gasteiger partial charge in [-0.25, -0.2) is 0 Å². The molecule has 3 rings (SSSR count). The van der Waals surface area contributed by atoms with Crippen LogP contribution in [0.25, 0.3) is 0 Å². The molecule has 0 aliphatic heterocycles. The number of benzene rings is 1. The summed E-state index contributed by atoms with van der Waals surface area (Å²) in [6.45, 7) is 0.859. The Balaban J connectivity index is 1.67. The quantitative estimate of drug-likeness (QED) is 0.911. The Morgan fingerprint density at radius 2 is 2.06 bits per heavy atom. The smallest absolute Gasteiger partial charge is 0.0605 e. The second-order valence-corrected chi connectivity index (χ2v) is 5.08. The van der Waals surface area contributed by atoms with E-state index < -0.39 is 0 Å². The number of halogens is 1. The lowest BCUT2D eigenvalue weighted by Gasteiger charge is -2.13. The number of fused-ring (bicyclic) bond motifs is 1. The van der Waals surface area contributed by atoms with E-state index in [2.05, 4.69) is 28.5 Å². The Bertz CT molecular complexity index is 536. The summed E-state index contributed by atoms with van der Waals surface area (Å²) in [5.74, 6) is 0. The van der Waals surface area contributed by atoms with Crippen LogP contribution in [-0.2, 0) is 13.0 Å². The monoisotopic (exact) mass is 258 g/mol. The topological polar surface area (TPSA) is 24.9 Å². The van der Waals surface area contributed by atoms with Gasteiger partial charge in [0.1, 0.15) is 0 Å². The van der Waals surface area contributed by atoms with Crippen LogP contribution in [0.3, 0.4) is 0 Å². The number of hydrogen-bond donors (Lipinski definition) is 1. The Morgan fingerprint density at radius 3 is 2.89 bits per heavy atom. The normalized spacial score (nSPS) is 17.7. The number of nitrogens with one attached hydrogen (secondary N) is 1. The second kappa shape index (κ2) is 5.09. The van der Waals surface area contributed by atoms with E-state index in [1.165, 1.54) is 16.8 Å². The zero-order valence-electron chi connectivity index (χ0n) is 10.1. The molecule has 0 amide bonds. The standard InChI is InChI=1S/C15H15ClN2/c16-13-6-3-11(4-7-13)10-18-14-8-5-12-2-1-9-17-15(12)14/h1-4,6-7,9,14,18H,5,8,10H2. The molecule has 1 heterocycles. The number of rotatable bonds is 3. The van der Waals surface area contributed by atoms with Crippen molar-refractivity contribution in [3.8, 4) is 0 Å². The molecule has 0 bridgehead atoms. The van der Waals surface area contributed by atoms with Crippen molar-refractivity contribution in [1.29, 1.82) is 0 Å². The lowest BCUT2D eigenvalue weighted by atomic mass is 10.2. The first-order valence-electron chi connectivity index (χ1n) is 6.24. The molecular weight excluding hydrogens is 244 g/mol. The van der Waals surface area contributed by atoms with Crippen LogP contribution in [0, 0.1) is 0 Å². The fourth-order valence-electron chi connectivity index (χ4n) is 2.45. The first-order chi connectivity index (χ1) is 8.83. The van der Waals surface area contributed by atoms with Gasteiger partial charge in [-0.1, -0.05) is 29.8 Å². The zero-order chi connectivity index (χ0) is 12.4. The average molecular weight is 259 g/mol. The molecule has 0 spiro atoms. The van der Waals surface area contributed by atoms with Crippen molar-refractivity contribution >= 4 is 11.6 Å². The van der Waals surface area contributed by atoms with Gasteiger partial charge < -0.3 is 5.32 Å². The summed E-state index contributed by atoms with van der Waals surface area (Å²) in [4.78, 5) is 4.48. The van der Waals surface area contributed by atoms with Gasteiger partial charge in [0.15, 0.2) is 0 Å². The van der Waals surface area contributed by atoms with Gasteiger partial charge in [-0.15, -0.1) is 0 Å². The zero-order valence-corrected chi connectivity index (χ0v) is 10.8. The van der Waals surface area contributed by atoms with Gasteiger partial charge in [-0.05, 0) is 42.2 Å². The predicted molar refractivity (Wildman–Crippen MR) is 73.6 cm³/mol. The van der Waals surface area contributed by atoms with Crippen molar-refractivity contribution in [3.05, 3.63) is 64.4 Å². The highest BCUT2D eigenvalue weighted by atomic mass is 35.5. The predicted octanol–water partition coefficient (Wildman–Crippen LogP) is 3.51. The molecule has 1 N–H and O–H groups in total. The Kier molecular flexibility index (Phi) is 3.31. The van der Waals surface area contributed by atoms with Crippen molar-refractivity contribution in [2.75, 3.05) is 0 Å². The maximum absolute atomic E-state index is 5.88. The third kappa shape index (κ3) is 2.40. The number of hydrogen-bond acceptors (Lipinski definition) is 2. The minimum Gasteiger partial charge on any atom is -0.304 e. The van der Waals surface area contributed by atoms with Crippen LogP contribution >= 0.6 is 11.6 Å². The van der Waals surface area contributed by atoms with Gasteiger partial charge in [-0.2, -0.15) is 0 Å². The van der Waals surface area contributed by atoms with Crippen molar-refractivity contribution in [2.24, 2.45) is 0 Å². The van der Waals surface area contributed by atoms with Gasteiger partial charge in [-0.3, -0.25) is 4.98 Å². The van der Waals surface area contributed by atoms with Crippen LogP contribution in [0.1, 0.15) is 29.3 Å². The molecule has 0 saturated heterocycles. The molecule has 0 saturated carbocycles. The van der Waals surface area contributed by atoms with Gasteiger partial charge in [0.05, 0.1) is 11.7 Å². The molecule has 3 heteroatoms. The highest BCUT2D eigenvalue weighted by Gasteiger charge is 2.22. The molecule has 1 aliphatic rings. The van der Waals surface area contributed by atoms with E-state index in [0.717, 1.165) is 24.4 Å². The Hall–Kier alpha value is -1.38. The summed E-state index contributed by atoms with van der Waals surface area (Å²) in [6.07, 6.45) is 4.14. The van der Waals surface area contributed by atoms with Crippen molar-refractivity contribution < 1.29 is 0 Å². The largest absolute Gasteiger partial charge is 0.304 e. The fourth-order valence-corrected chi connectivity index (χ4v) is 2.58. The Labute approximate surface area is 112 Å². The van der Waals surface area contributed by atoms with E-state index in [1.54, 1.807) is 0 Å². The molecule has 1 aromatic heterocycles. The molecule has 92 valence electrons. The number of aromatic nitrogens is 1. The van der Waals surface area contributed by atoms with E-state index in [9.17, 15) is 0 Å². The minimum atomic E-state index is 0.386. The second-order valence-electron chi connectivity index (χ2n) is 4.65. The fraction of sp³-hybridized carbons (Fsp3) is 0.267. The number of nitrogens with zero attached hydrogens (tertiary/aromatic N) is 1. The SMILES string of the molecule is Clc1ccc(CNC2CCc3cccnc32)cc1. The lowest BCUT2D eigenvalue weighted by molar-refractivity contribution is 0.521. The molecule has 2 nitrogen and oxygen atoms in total. The van der Waals surface area contributed by atoms with Gasteiger partial charge in [0, 0.05) is 17.8 Å². The average Bonchev–Trinajstić information content (AvgIpc) is 2.82. The highest BCUT2D eigenvalue weighted by Crippen LogP contribution is 2.29. The van der Waals surface area contributed by atoms with Crippen LogP contribution in [0.2, 0.25) is 5.02 Å². The minimum absolute atomic E-state index is 0.386. The highest BCUT2D eigenvalue weighted by molar-refractivity contribution is 6.30. The van der Waals surface area contributed by atoms with Gasteiger partial charge in [0.2, 0.25) is 0 Å². The van der Waals surface area contributed by atoms with Crippen LogP contribution in [-0.4, -0.2) is 4.98 Å². The number of aryl methyl sites for hydroxylation is 1. The van der Waals surface area contributed by atoms with Crippen LogP contribution in [0.4, 0.5) is 0 Å². The maximum Gasteiger partial charge on any atom is 0.0605 e. The van der Waals surface area contributed by atoms with Crippen LogP contribution < -0.4 is 5.32 Å². The first kappa shape index (κ1) is 11.7. The van der Waals surface area contributed by atoms with Crippen LogP contribution in [0.5, 0.6) is 0 Å². The summed E-state index contributed by atoms with van der Waals surface area (Å²) in [6, 6.07) is 12.6. The van der Waals surface area contributed by atoms with E-state index in [0.29, 0.717) is 6.04 Å². The third-order valence-electron chi connectivity index (χ3n) is 3.42. The lowest BCUT2D eigenvalue weighted by Crippen LogP contribution is -2.19. The third-order valence-corrected chi connectivity index (χ3v) is 3.68. The van der Waals surface area contributed by atoms with E-state index >= 15 is 0 Å². The van der Waals surface area contributed by atoms with Crippen molar-refractivity contribution in [1.82, 2.24) is 10.3 Å². The molecule has 1 aliphatic carbocycles. The summed E-state index contributed by atoms with van der Waals surface area (Å²) >= 11 is 5.88. The van der Waals surface area contributed by atoms with Gasteiger partial charge in [0.25, 0.3) is 0 Å². The van der Waals surface area contributed by atoms with Crippen molar-refractivity contribution in [3.63, 3.8) is 0 Å². The summed E-state index contributed by atoms with van der Waals surface area (Å²) in [5.41, 5.74) is 3.85. The molecule has 1 unspecified atom stereocenters. The molecule has 18 heavy (non-hydrogen) atoms. The Morgan fingerprint density at radius 1 is 1.22 bits per heavy atom. The summed E-state index contributed by atoms with van der Waals surface area (Å²) in [5, 5.41) is 4.35. The van der Waals surface area contributed by atoms with E-state index in [-0.39, 0.29) is 0 Å². The molecule has 0 fully saturated rings. The van der Waals surface area contributed by atoms with E-state index in [4.69, 9.17) is 11.6 Å². The maximum atomic E-state index is 5.88. The molecule has 2 aromatic rings. The first-order valence-corrected chi connectivity index (χ1v) is 6.62. The number of pyridine rings is 1. The van der Waals surface area contributed by atoms with Gasteiger partial charge >= 0.3 is 0 Å². The van der Waals surface area contributed by atoms with Crippen LogP contribution in [0.15, 0.2) is 42.6 Å².